The van der Waals surface area contributed by atoms with Gasteiger partial charge in [0.15, 0.2) is 0 Å². The lowest BCUT2D eigenvalue weighted by Crippen LogP contribution is -2.36. The lowest BCUT2D eigenvalue weighted by Gasteiger charge is -2.29. The Morgan fingerprint density at radius 2 is 1.71 bits per heavy atom. The zero-order valence-corrected chi connectivity index (χ0v) is 13.3. The summed E-state index contributed by atoms with van der Waals surface area (Å²) in [5.41, 5.74) is 1.01. The Labute approximate surface area is 137 Å². The minimum atomic E-state index is -4.51. The first kappa shape index (κ1) is 18.0. The molecule has 0 radical (unpaired) electrons. The third-order valence-corrected chi connectivity index (χ3v) is 4.38. The van der Waals surface area contributed by atoms with Crippen LogP contribution in [0.1, 0.15) is 32.3 Å². The van der Waals surface area contributed by atoms with Crippen LogP contribution in [0.2, 0.25) is 0 Å². The van der Waals surface area contributed by atoms with Gasteiger partial charge in [0.25, 0.3) is 0 Å². The molecule has 0 unspecified atom stereocenters. The average Bonchev–Trinajstić information content (AvgIpc) is 2.48. The molecule has 0 aromatic heterocycles. The number of alkyl halides is 3. The van der Waals surface area contributed by atoms with Crippen molar-refractivity contribution in [2.45, 2.75) is 32.9 Å². The standard InChI is InChI=1S/C17H18F3NO3/c1-9-6-13(14(16(23)24)7-10(9)2)15(22)21-12-5-3-4-11(8-12)17(18,19)20/h3-5,8,13-14H,6-7H2,1-2H3,(H,21,22)(H,23,24)/t13-,14-/m0/s1. The number of hydrogen-bond acceptors (Lipinski definition) is 2. The van der Waals surface area contributed by atoms with E-state index in [0.29, 0.717) is 0 Å². The van der Waals surface area contributed by atoms with Gasteiger partial charge >= 0.3 is 12.1 Å². The lowest BCUT2D eigenvalue weighted by atomic mass is 9.76. The highest BCUT2D eigenvalue weighted by Gasteiger charge is 2.37. The fourth-order valence-corrected chi connectivity index (χ4v) is 2.84. The van der Waals surface area contributed by atoms with Gasteiger partial charge in [0, 0.05) is 5.69 Å². The van der Waals surface area contributed by atoms with E-state index in [1.807, 2.05) is 13.8 Å². The molecule has 0 saturated heterocycles. The van der Waals surface area contributed by atoms with E-state index in [4.69, 9.17) is 0 Å². The van der Waals surface area contributed by atoms with Gasteiger partial charge in [-0.3, -0.25) is 9.59 Å². The second-order valence-electron chi connectivity index (χ2n) is 6.09. The highest BCUT2D eigenvalue weighted by atomic mass is 19.4. The Morgan fingerprint density at radius 1 is 1.12 bits per heavy atom. The second kappa shape index (κ2) is 6.67. The molecule has 0 spiro atoms. The highest BCUT2D eigenvalue weighted by molar-refractivity contribution is 5.95. The SMILES string of the molecule is CC1=C(C)C[C@H](C(=O)Nc2cccc(C(F)(F)F)c2)[C@@H](C(=O)O)C1. The second-order valence-corrected chi connectivity index (χ2v) is 6.09. The van der Waals surface area contributed by atoms with Gasteiger partial charge in [-0.2, -0.15) is 13.2 Å². The number of hydrogen-bond donors (Lipinski definition) is 2. The summed E-state index contributed by atoms with van der Waals surface area (Å²) in [6, 6.07) is 4.29. The molecule has 2 atom stereocenters. The Kier molecular flexibility index (Phi) is 5.01. The molecule has 2 N–H and O–H groups in total. The Bertz CT molecular complexity index is 695. The molecular weight excluding hydrogens is 323 g/mol. The van der Waals surface area contributed by atoms with E-state index in [2.05, 4.69) is 5.32 Å². The van der Waals surface area contributed by atoms with E-state index in [1.54, 1.807) is 0 Å². The number of carboxylic acid groups (broad SMARTS) is 1. The highest BCUT2D eigenvalue weighted by Crippen LogP contribution is 2.35. The molecule has 0 bridgehead atoms. The molecule has 0 heterocycles. The fraction of sp³-hybridized carbons (Fsp3) is 0.412. The van der Waals surface area contributed by atoms with Crippen molar-refractivity contribution in [3.05, 3.63) is 41.0 Å². The predicted octanol–water partition coefficient (Wildman–Crippen LogP) is 4.09. The zero-order valence-electron chi connectivity index (χ0n) is 13.3. The molecule has 1 aromatic rings. The third kappa shape index (κ3) is 3.96. The topological polar surface area (TPSA) is 66.4 Å². The number of rotatable bonds is 3. The van der Waals surface area contributed by atoms with E-state index in [-0.39, 0.29) is 18.5 Å². The van der Waals surface area contributed by atoms with Crippen molar-refractivity contribution in [3.63, 3.8) is 0 Å². The Hall–Kier alpha value is -2.31. The molecular formula is C17H18F3NO3. The van der Waals surface area contributed by atoms with Crippen LogP contribution >= 0.6 is 0 Å². The van der Waals surface area contributed by atoms with Crippen LogP contribution < -0.4 is 5.32 Å². The molecule has 0 aliphatic heterocycles. The first-order valence-electron chi connectivity index (χ1n) is 7.45. The van der Waals surface area contributed by atoms with Crippen LogP contribution in [0, 0.1) is 11.8 Å². The minimum absolute atomic E-state index is 0.00268. The van der Waals surface area contributed by atoms with Crippen molar-refractivity contribution < 1.29 is 27.9 Å². The van der Waals surface area contributed by atoms with Crippen LogP contribution in [0.3, 0.4) is 0 Å². The van der Waals surface area contributed by atoms with Crippen LogP contribution in [0.15, 0.2) is 35.4 Å². The number of halogens is 3. The molecule has 1 aromatic carbocycles. The van der Waals surface area contributed by atoms with Crippen molar-refractivity contribution in [2.24, 2.45) is 11.8 Å². The van der Waals surface area contributed by atoms with Crippen molar-refractivity contribution in [3.8, 4) is 0 Å². The van der Waals surface area contributed by atoms with E-state index >= 15 is 0 Å². The summed E-state index contributed by atoms with van der Waals surface area (Å²) in [6.45, 7) is 3.66. The molecule has 24 heavy (non-hydrogen) atoms. The third-order valence-electron chi connectivity index (χ3n) is 4.38. The van der Waals surface area contributed by atoms with Gasteiger partial charge < -0.3 is 10.4 Å². The fourth-order valence-electron chi connectivity index (χ4n) is 2.84. The van der Waals surface area contributed by atoms with Crippen LogP contribution in [-0.2, 0) is 15.8 Å². The smallest absolute Gasteiger partial charge is 0.416 e. The lowest BCUT2D eigenvalue weighted by molar-refractivity contribution is -0.146. The number of allylic oxidation sites excluding steroid dienone is 2. The summed E-state index contributed by atoms with van der Waals surface area (Å²) in [7, 11) is 0. The van der Waals surface area contributed by atoms with Gasteiger partial charge in [-0.05, 0) is 44.9 Å². The summed E-state index contributed by atoms with van der Waals surface area (Å²) in [5, 5.41) is 11.7. The van der Waals surface area contributed by atoms with Gasteiger partial charge in [0.05, 0.1) is 17.4 Å². The zero-order chi connectivity index (χ0) is 18.1. The molecule has 130 valence electrons. The summed E-state index contributed by atoms with van der Waals surface area (Å²) in [6.07, 6.45) is -3.96. The van der Waals surface area contributed by atoms with E-state index in [0.717, 1.165) is 23.3 Å². The number of carbonyl (C=O) groups is 2. The van der Waals surface area contributed by atoms with E-state index < -0.39 is 35.5 Å². The first-order chi connectivity index (χ1) is 11.1. The number of carboxylic acids is 1. The Morgan fingerprint density at radius 3 is 2.25 bits per heavy atom. The molecule has 1 aliphatic rings. The normalized spacial score (nSPS) is 21.5. The van der Waals surface area contributed by atoms with Crippen LogP contribution in [-0.4, -0.2) is 17.0 Å². The molecule has 0 fully saturated rings. The van der Waals surface area contributed by atoms with Crippen molar-refractivity contribution in [2.75, 3.05) is 5.32 Å². The molecule has 1 aliphatic carbocycles. The van der Waals surface area contributed by atoms with Gasteiger partial charge in [-0.15, -0.1) is 0 Å². The summed E-state index contributed by atoms with van der Waals surface area (Å²) in [4.78, 5) is 23.8. The van der Waals surface area contributed by atoms with Crippen LogP contribution in [0.4, 0.5) is 18.9 Å². The van der Waals surface area contributed by atoms with Crippen molar-refractivity contribution in [1.29, 1.82) is 0 Å². The van der Waals surface area contributed by atoms with Crippen LogP contribution in [0.25, 0.3) is 0 Å². The number of aliphatic carboxylic acids is 1. The number of carbonyl (C=O) groups excluding carboxylic acids is 1. The molecule has 7 heteroatoms. The Balaban J connectivity index is 2.21. The minimum Gasteiger partial charge on any atom is -0.481 e. The number of benzene rings is 1. The van der Waals surface area contributed by atoms with Gasteiger partial charge in [0.1, 0.15) is 0 Å². The maximum Gasteiger partial charge on any atom is 0.416 e. The number of nitrogens with one attached hydrogen (secondary N) is 1. The van der Waals surface area contributed by atoms with Gasteiger partial charge in [0.2, 0.25) is 5.91 Å². The molecule has 0 saturated carbocycles. The molecule has 1 amide bonds. The molecule has 2 rings (SSSR count). The largest absolute Gasteiger partial charge is 0.481 e. The predicted molar refractivity (Wildman–Crippen MR) is 82.3 cm³/mol. The first-order valence-corrected chi connectivity index (χ1v) is 7.45. The monoisotopic (exact) mass is 341 g/mol. The quantitative estimate of drug-likeness (QED) is 0.814. The van der Waals surface area contributed by atoms with Crippen molar-refractivity contribution in [1.82, 2.24) is 0 Å². The summed E-state index contributed by atoms with van der Waals surface area (Å²) >= 11 is 0. The maximum absolute atomic E-state index is 12.7. The summed E-state index contributed by atoms with van der Waals surface area (Å²) in [5.74, 6) is -3.33. The van der Waals surface area contributed by atoms with Crippen LogP contribution in [0.5, 0.6) is 0 Å². The maximum atomic E-state index is 12.7. The molecule has 4 nitrogen and oxygen atoms in total. The number of amides is 1. The van der Waals surface area contributed by atoms with E-state index in [1.165, 1.54) is 12.1 Å². The average molecular weight is 341 g/mol. The van der Waals surface area contributed by atoms with Crippen molar-refractivity contribution >= 4 is 17.6 Å². The van der Waals surface area contributed by atoms with Gasteiger partial charge in [-0.1, -0.05) is 17.2 Å². The van der Waals surface area contributed by atoms with Gasteiger partial charge in [-0.25, -0.2) is 0 Å². The summed E-state index contributed by atoms with van der Waals surface area (Å²) < 4.78 is 38.2. The van der Waals surface area contributed by atoms with E-state index in [9.17, 15) is 27.9 Å². The number of anilines is 1.